The smallest absolute Gasteiger partial charge is 0.273 e. The van der Waals surface area contributed by atoms with Crippen molar-refractivity contribution >= 4 is 15.7 Å². The van der Waals surface area contributed by atoms with E-state index in [9.17, 15) is 8.42 Å². The Morgan fingerprint density at radius 3 is 2.55 bits per heavy atom. The molecule has 0 radical (unpaired) electrons. The van der Waals surface area contributed by atoms with Crippen molar-refractivity contribution in [3.8, 4) is 11.4 Å². The van der Waals surface area contributed by atoms with Gasteiger partial charge in [-0.05, 0) is 19.1 Å². The highest BCUT2D eigenvalue weighted by Gasteiger charge is 2.21. The van der Waals surface area contributed by atoms with Crippen molar-refractivity contribution in [3.63, 3.8) is 0 Å². The zero-order chi connectivity index (χ0) is 14.9. The molecule has 2 rings (SSSR count). The number of benzene rings is 1. The fourth-order valence-electron chi connectivity index (χ4n) is 1.92. The Balaban J connectivity index is 2.59. The summed E-state index contributed by atoms with van der Waals surface area (Å²) in [5.41, 5.74) is 1.78. The van der Waals surface area contributed by atoms with E-state index in [0.29, 0.717) is 12.4 Å². The number of aromatic nitrogens is 3. The van der Waals surface area contributed by atoms with E-state index in [0.717, 1.165) is 11.3 Å². The highest BCUT2D eigenvalue weighted by Crippen LogP contribution is 2.24. The quantitative estimate of drug-likeness (QED) is 0.895. The van der Waals surface area contributed by atoms with Gasteiger partial charge in [0.15, 0.2) is 5.82 Å². The molecule has 0 atom stereocenters. The van der Waals surface area contributed by atoms with Gasteiger partial charge in [-0.15, -0.1) is 10.2 Å². The Hall–Kier alpha value is -1.93. The second-order valence-corrected chi connectivity index (χ2v) is 6.00. The summed E-state index contributed by atoms with van der Waals surface area (Å²) >= 11 is 0. The molecule has 8 heteroatoms. The Labute approximate surface area is 118 Å². The molecule has 0 spiro atoms. The first-order chi connectivity index (χ1) is 9.34. The van der Waals surface area contributed by atoms with Gasteiger partial charge in [-0.2, -0.15) is 0 Å². The van der Waals surface area contributed by atoms with Crippen LogP contribution in [0.4, 0.5) is 5.69 Å². The van der Waals surface area contributed by atoms with Gasteiger partial charge in [0.05, 0.1) is 0 Å². The van der Waals surface area contributed by atoms with Gasteiger partial charge in [0.1, 0.15) is 0 Å². The minimum Gasteiger partial charge on any atom is -0.378 e. The lowest BCUT2D eigenvalue weighted by Crippen LogP contribution is -2.18. The highest BCUT2D eigenvalue weighted by atomic mass is 32.2. The van der Waals surface area contributed by atoms with E-state index >= 15 is 0 Å². The molecule has 0 aliphatic carbocycles. The van der Waals surface area contributed by atoms with E-state index in [4.69, 9.17) is 5.14 Å². The monoisotopic (exact) mass is 295 g/mol. The minimum absolute atomic E-state index is 0.217. The Morgan fingerprint density at radius 2 is 2.00 bits per heavy atom. The van der Waals surface area contributed by atoms with Crippen LogP contribution in [0.3, 0.4) is 0 Å². The van der Waals surface area contributed by atoms with Crippen LogP contribution in [0.15, 0.2) is 29.4 Å². The van der Waals surface area contributed by atoms with Crippen molar-refractivity contribution < 1.29 is 8.42 Å². The number of rotatable bonds is 4. The molecule has 1 aromatic heterocycles. The lowest BCUT2D eigenvalue weighted by atomic mass is 10.2. The molecule has 0 aliphatic rings. The second-order valence-electron chi connectivity index (χ2n) is 4.54. The molecular weight excluding hydrogens is 278 g/mol. The van der Waals surface area contributed by atoms with Crippen molar-refractivity contribution in [1.29, 1.82) is 0 Å². The van der Waals surface area contributed by atoms with Crippen LogP contribution < -0.4 is 10.0 Å². The van der Waals surface area contributed by atoms with Crippen LogP contribution in [0.25, 0.3) is 11.4 Å². The van der Waals surface area contributed by atoms with Gasteiger partial charge in [0.25, 0.3) is 15.2 Å². The third-order valence-electron chi connectivity index (χ3n) is 2.91. The molecule has 1 heterocycles. The summed E-state index contributed by atoms with van der Waals surface area (Å²) in [5.74, 6) is 0.486. The molecule has 0 amide bonds. The van der Waals surface area contributed by atoms with E-state index in [1.807, 2.05) is 50.2 Å². The van der Waals surface area contributed by atoms with Gasteiger partial charge in [-0.3, -0.25) is 4.57 Å². The molecule has 2 N–H and O–H groups in total. The maximum atomic E-state index is 11.5. The standard InChI is InChI=1S/C12H17N5O2S/c1-4-17-11(14-15-12(17)20(13,18)19)9-6-5-7-10(8-9)16(2)3/h5-8H,4H2,1-3H3,(H2,13,18,19). The average Bonchev–Trinajstić information content (AvgIpc) is 2.82. The zero-order valence-electron chi connectivity index (χ0n) is 11.6. The number of nitrogens with zero attached hydrogens (tertiary/aromatic N) is 4. The summed E-state index contributed by atoms with van der Waals surface area (Å²) in [5, 5.41) is 12.6. The van der Waals surface area contributed by atoms with Gasteiger partial charge in [0.2, 0.25) is 0 Å². The Bertz CT molecular complexity index is 721. The molecule has 0 aliphatic heterocycles. The largest absolute Gasteiger partial charge is 0.378 e. The molecule has 0 saturated carbocycles. The first kappa shape index (κ1) is 14.5. The minimum atomic E-state index is -3.88. The molecule has 2 aromatic rings. The number of hydrogen-bond acceptors (Lipinski definition) is 5. The molecule has 0 saturated heterocycles. The number of primary sulfonamides is 1. The predicted molar refractivity (Wildman–Crippen MR) is 76.8 cm³/mol. The summed E-state index contributed by atoms with van der Waals surface area (Å²) in [6.07, 6.45) is 0. The number of nitrogens with two attached hydrogens (primary N) is 1. The molecule has 0 fully saturated rings. The molecule has 108 valence electrons. The van der Waals surface area contributed by atoms with E-state index in [-0.39, 0.29) is 5.16 Å². The van der Waals surface area contributed by atoms with Crippen molar-refractivity contribution in [2.24, 2.45) is 5.14 Å². The normalized spacial score (nSPS) is 11.6. The maximum Gasteiger partial charge on any atom is 0.273 e. The van der Waals surface area contributed by atoms with Gasteiger partial charge in [-0.25, -0.2) is 13.6 Å². The van der Waals surface area contributed by atoms with Gasteiger partial charge >= 0.3 is 0 Å². The lowest BCUT2D eigenvalue weighted by molar-refractivity contribution is 0.571. The van der Waals surface area contributed by atoms with Crippen LogP contribution in [0, 0.1) is 0 Å². The van der Waals surface area contributed by atoms with E-state index < -0.39 is 10.0 Å². The van der Waals surface area contributed by atoms with Crippen LogP contribution in [0.1, 0.15) is 6.92 Å². The summed E-state index contributed by atoms with van der Waals surface area (Å²) in [7, 11) is -0.0203. The van der Waals surface area contributed by atoms with Crippen LogP contribution >= 0.6 is 0 Å². The Morgan fingerprint density at radius 1 is 1.30 bits per heavy atom. The first-order valence-corrected chi connectivity index (χ1v) is 7.63. The highest BCUT2D eigenvalue weighted by molar-refractivity contribution is 7.89. The summed E-state index contributed by atoms with van der Waals surface area (Å²) in [4.78, 5) is 1.96. The van der Waals surface area contributed by atoms with Gasteiger partial charge in [0, 0.05) is 31.9 Å². The van der Waals surface area contributed by atoms with Crippen LogP contribution in [0.5, 0.6) is 0 Å². The summed E-state index contributed by atoms with van der Waals surface area (Å²) in [6.45, 7) is 2.23. The molecule has 20 heavy (non-hydrogen) atoms. The fourth-order valence-corrected chi connectivity index (χ4v) is 2.60. The van der Waals surface area contributed by atoms with E-state index in [1.165, 1.54) is 4.57 Å². The van der Waals surface area contributed by atoms with Crippen molar-refractivity contribution in [1.82, 2.24) is 14.8 Å². The first-order valence-electron chi connectivity index (χ1n) is 6.08. The Kier molecular flexibility index (Phi) is 3.78. The maximum absolute atomic E-state index is 11.5. The van der Waals surface area contributed by atoms with Gasteiger partial charge in [-0.1, -0.05) is 12.1 Å². The molecular formula is C12H17N5O2S. The zero-order valence-corrected chi connectivity index (χ0v) is 12.4. The summed E-state index contributed by atoms with van der Waals surface area (Å²) in [6, 6.07) is 7.62. The molecule has 1 aromatic carbocycles. The lowest BCUT2D eigenvalue weighted by Gasteiger charge is -2.13. The average molecular weight is 295 g/mol. The molecule has 0 unspecified atom stereocenters. The van der Waals surface area contributed by atoms with Crippen molar-refractivity contribution in [2.75, 3.05) is 19.0 Å². The fraction of sp³-hybridized carbons (Fsp3) is 0.333. The predicted octanol–water partition coefficient (Wildman–Crippen LogP) is 0.678. The third kappa shape index (κ3) is 2.66. The van der Waals surface area contributed by atoms with E-state index in [2.05, 4.69) is 10.2 Å². The van der Waals surface area contributed by atoms with Crippen LogP contribution in [0.2, 0.25) is 0 Å². The number of anilines is 1. The van der Waals surface area contributed by atoms with E-state index in [1.54, 1.807) is 0 Å². The SMILES string of the molecule is CCn1c(-c2cccc(N(C)C)c2)nnc1S(N)(=O)=O. The number of sulfonamides is 1. The number of hydrogen-bond donors (Lipinski definition) is 1. The summed E-state index contributed by atoms with van der Waals surface area (Å²) < 4.78 is 24.4. The molecule has 7 nitrogen and oxygen atoms in total. The topological polar surface area (TPSA) is 94.1 Å². The van der Waals surface area contributed by atoms with Crippen LogP contribution in [-0.2, 0) is 16.6 Å². The third-order valence-corrected chi connectivity index (χ3v) is 3.72. The second kappa shape index (κ2) is 5.22. The molecule has 0 bridgehead atoms. The van der Waals surface area contributed by atoms with Crippen LogP contribution in [-0.4, -0.2) is 37.3 Å². The van der Waals surface area contributed by atoms with Crippen molar-refractivity contribution in [3.05, 3.63) is 24.3 Å². The van der Waals surface area contributed by atoms with Crippen molar-refractivity contribution in [2.45, 2.75) is 18.6 Å². The van der Waals surface area contributed by atoms with Gasteiger partial charge < -0.3 is 4.90 Å².